The third kappa shape index (κ3) is 2.42. The van der Waals surface area contributed by atoms with Crippen LogP contribution in [0.25, 0.3) is 15.9 Å². The van der Waals surface area contributed by atoms with Crippen LogP contribution in [0.4, 0.5) is 0 Å². The molecule has 0 unspecified atom stereocenters. The van der Waals surface area contributed by atoms with E-state index in [-0.39, 0.29) is 30.0 Å². The molecule has 1 N–H and O–H groups in total. The highest BCUT2D eigenvalue weighted by molar-refractivity contribution is 7.16. The van der Waals surface area contributed by atoms with E-state index in [1.54, 1.807) is 5.51 Å². The van der Waals surface area contributed by atoms with E-state index in [1.807, 2.05) is 24.3 Å². The number of nitrogens with one attached hydrogen (secondary N) is 1. The van der Waals surface area contributed by atoms with Gasteiger partial charge in [0.15, 0.2) is 5.65 Å². The van der Waals surface area contributed by atoms with Gasteiger partial charge in [-0.25, -0.2) is 9.67 Å². The molecule has 0 spiro atoms. The second kappa shape index (κ2) is 5.16. The molecular weight excluding hydrogens is 314 g/mol. The molecule has 1 aliphatic rings. The third-order valence-corrected chi connectivity index (χ3v) is 4.72. The Morgan fingerprint density at radius 3 is 2.96 bits per heavy atom. The SMILES string of the molecule is CC(C)c1nn(CC(=O)NC2CC2)c(=O)c2cc3scnc3n12. The number of hydrogen-bond acceptors (Lipinski definition) is 5. The first-order valence-corrected chi connectivity index (χ1v) is 8.57. The van der Waals surface area contributed by atoms with E-state index in [4.69, 9.17) is 0 Å². The standard InChI is InChI=1S/C15H17N5O2S/c1-8(2)13-18-19(6-12(21)17-9-3-4-9)15(22)10-5-11-14(20(10)13)16-7-23-11/h5,7-9H,3-4,6H2,1-2H3,(H,17,21). The van der Waals surface area contributed by atoms with Gasteiger partial charge in [0.1, 0.15) is 17.9 Å². The molecule has 0 aromatic carbocycles. The maximum Gasteiger partial charge on any atom is 0.291 e. The number of amides is 1. The zero-order valence-corrected chi connectivity index (χ0v) is 13.8. The Labute approximate surface area is 135 Å². The molecule has 8 heteroatoms. The minimum absolute atomic E-state index is 0.0438. The van der Waals surface area contributed by atoms with Crippen LogP contribution in [0.5, 0.6) is 0 Å². The van der Waals surface area contributed by atoms with E-state index in [1.165, 1.54) is 16.0 Å². The number of rotatable bonds is 4. The summed E-state index contributed by atoms with van der Waals surface area (Å²) < 4.78 is 4.03. The molecule has 1 amide bonds. The van der Waals surface area contributed by atoms with Crippen molar-refractivity contribution in [1.82, 2.24) is 24.5 Å². The molecule has 0 radical (unpaired) electrons. The minimum Gasteiger partial charge on any atom is -0.352 e. The van der Waals surface area contributed by atoms with Crippen LogP contribution in [-0.4, -0.2) is 31.1 Å². The molecular formula is C15H17N5O2S. The number of carbonyl (C=O) groups excluding carboxylic acids is 1. The van der Waals surface area contributed by atoms with Gasteiger partial charge in [0.2, 0.25) is 5.91 Å². The summed E-state index contributed by atoms with van der Waals surface area (Å²) in [6, 6.07) is 2.10. The van der Waals surface area contributed by atoms with Crippen molar-refractivity contribution in [1.29, 1.82) is 0 Å². The summed E-state index contributed by atoms with van der Waals surface area (Å²) in [7, 11) is 0. The van der Waals surface area contributed by atoms with Crippen molar-refractivity contribution in [3.63, 3.8) is 0 Å². The van der Waals surface area contributed by atoms with Gasteiger partial charge < -0.3 is 5.32 Å². The van der Waals surface area contributed by atoms with Crippen molar-refractivity contribution in [2.45, 2.75) is 45.2 Å². The van der Waals surface area contributed by atoms with Crippen molar-refractivity contribution in [3.8, 4) is 0 Å². The molecule has 3 heterocycles. The molecule has 3 aromatic rings. The van der Waals surface area contributed by atoms with E-state index in [2.05, 4.69) is 15.4 Å². The first kappa shape index (κ1) is 14.4. The van der Waals surface area contributed by atoms with Crippen molar-refractivity contribution in [2.75, 3.05) is 0 Å². The van der Waals surface area contributed by atoms with Gasteiger partial charge in [0.05, 0.1) is 10.2 Å². The van der Waals surface area contributed by atoms with E-state index in [0.717, 1.165) is 29.0 Å². The molecule has 3 aromatic heterocycles. The number of carbonyl (C=O) groups is 1. The van der Waals surface area contributed by atoms with Gasteiger partial charge >= 0.3 is 0 Å². The van der Waals surface area contributed by atoms with Crippen LogP contribution in [0, 0.1) is 0 Å². The van der Waals surface area contributed by atoms with Crippen LogP contribution in [0.3, 0.4) is 0 Å². The normalized spacial score (nSPS) is 14.9. The highest BCUT2D eigenvalue weighted by atomic mass is 32.1. The minimum atomic E-state index is -0.259. The third-order valence-electron chi connectivity index (χ3n) is 3.95. The van der Waals surface area contributed by atoms with E-state index in [9.17, 15) is 9.59 Å². The summed E-state index contributed by atoms with van der Waals surface area (Å²) in [5.41, 5.74) is 2.78. The van der Waals surface area contributed by atoms with Crippen molar-refractivity contribution in [2.24, 2.45) is 0 Å². The maximum atomic E-state index is 12.7. The van der Waals surface area contributed by atoms with Crippen LogP contribution in [0.15, 0.2) is 16.4 Å². The van der Waals surface area contributed by atoms with Crippen LogP contribution >= 0.6 is 11.3 Å². The predicted molar refractivity (Wildman–Crippen MR) is 87.9 cm³/mol. The lowest BCUT2D eigenvalue weighted by atomic mass is 10.2. The first-order valence-electron chi connectivity index (χ1n) is 7.69. The molecule has 0 atom stereocenters. The second-order valence-corrected chi connectivity index (χ2v) is 7.11. The van der Waals surface area contributed by atoms with E-state index >= 15 is 0 Å². The zero-order chi connectivity index (χ0) is 16.1. The molecule has 1 saturated carbocycles. The Morgan fingerprint density at radius 1 is 1.48 bits per heavy atom. The number of aromatic nitrogens is 4. The highest BCUT2D eigenvalue weighted by Gasteiger charge is 2.24. The highest BCUT2D eigenvalue weighted by Crippen LogP contribution is 2.24. The number of nitrogens with zero attached hydrogens (tertiary/aromatic N) is 4. The molecule has 120 valence electrons. The molecule has 0 saturated heterocycles. The molecule has 7 nitrogen and oxygen atoms in total. The average molecular weight is 331 g/mol. The molecule has 23 heavy (non-hydrogen) atoms. The maximum absolute atomic E-state index is 12.7. The van der Waals surface area contributed by atoms with Crippen LogP contribution in [0.2, 0.25) is 0 Å². The summed E-state index contributed by atoms with van der Waals surface area (Å²) in [6.07, 6.45) is 2.04. The largest absolute Gasteiger partial charge is 0.352 e. The van der Waals surface area contributed by atoms with Gasteiger partial charge in [0, 0.05) is 12.0 Å². The fourth-order valence-corrected chi connectivity index (χ4v) is 3.37. The molecule has 0 bridgehead atoms. The predicted octanol–water partition coefficient (Wildman–Crippen LogP) is 1.51. The Kier molecular flexibility index (Phi) is 3.22. The van der Waals surface area contributed by atoms with E-state index in [0.29, 0.717) is 5.52 Å². The van der Waals surface area contributed by atoms with Crippen molar-refractivity contribution < 1.29 is 4.79 Å². The average Bonchev–Trinajstić information content (AvgIpc) is 3.06. The quantitative estimate of drug-likeness (QED) is 0.786. The number of hydrogen-bond donors (Lipinski definition) is 1. The monoisotopic (exact) mass is 331 g/mol. The second-order valence-electron chi connectivity index (χ2n) is 6.22. The smallest absolute Gasteiger partial charge is 0.291 e. The van der Waals surface area contributed by atoms with Gasteiger partial charge in [-0.15, -0.1) is 11.3 Å². The fourth-order valence-electron chi connectivity index (χ4n) is 2.67. The number of thiazole rings is 1. The van der Waals surface area contributed by atoms with Gasteiger partial charge in [-0.1, -0.05) is 13.8 Å². The summed E-state index contributed by atoms with van der Waals surface area (Å²) in [5, 5.41) is 7.33. The Hall–Kier alpha value is -2.22. The molecule has 0 aliphatic heterocycles. The van der Waals surface area contributed by atoms with Crippen LogP contribution < -0.4 is 10.9 Å². The molecule has 4 rings (SSSR count). The molecule has 1 fully saturated rings. The lowest BCUT2D eigenvalue weighted by molar-refractivity contribution is -0.122. The lowest BCUT2D eigenvalue weighted by Gasteiger charge is -2.12. The zero-order valence-electron chi connectivity index (χ0n) is 12.9. The Morgan fingerprint density at radius 2 is 2.26 bits per heavy atom. The van der Waals surface area contributed by atoms with Crippen LogP contribution in [-0.2, 0) is 11.3 Å². The summed E-state index contributed by atoms with van der Waals surface area (Å²) >= 11 is 1.49. The van der Waals surface area contributed by atoms with Crippen molar-refractivity contribution in [3.05, 3.63) is 27.8 Å². The van der Waals surface area contributed by atoms with E-state index < -0.39 is 0 Å². The Bertz CT molecular complexity index is 963. The lowest BCUT2D eigenvalue weighted by Crippen LogP contribution is -2.36. The summed E-state index contributed by atoms with van der Waals surface area (Å²) in [4.78, 5) is 29.1. The fraction of sp³-hybridized carbons (Fsp3) is 0.467. The van der Waals surface area contributed by atoms with Crippen molar-refractivity contribution >= 4 is 33.1 Å². The first-order chi connectivity index (χ1) is 11.0. The molecule has 1 aliphatic carbocycles. The van der Waals surface area contributed by atoms with Crippen LogP contribution in [0.1, 0.15) is 38.4 Å². The van der Waals surface area contributed by atoms with Gasteiger partial charge in [0.25, 0.3) is 5.56 Å². The summed E-state index contributed by atoms with van der Waals surface area (Å²) in [5.74, 6) is 0.681. The van der Waals surface area contributed by atoms with Gasteiger partial charge in [-0.2, -0.15) is 5.10 Å². The summed E-state index contributed by atoms with van der Waals surface area (Å²) in [6.45, 7) is 3.98. The van der Waals surface area contributed by atoms with Gasteiger partial charge in [-0.3, -0.25) is 14.0 Å². The topological polar surface area (TPSA) is 81.3 Å². The number of fused-ring (bicyclic) bond motifs is 3. The Balaban J connectivity index is 1.86. The van der Waals surface area contributed by atoms with Gasteiger partial charge in [-0.05, 0) is 18.9 Å².